The molecule has 3 N–H and O–H groups in total. The molecule has 9 heteroatoms. The Bertz CT molecular complexity index is 544. The van der Waals surface area contributed by atoms with Crippen LogP contribution in [0, 0.1) is 10.1 Å². The highest BCUT2D eigenvalue weighted by Gasteiger charge is 2.35. The summed E-state index contributed by atoms with van der Waals surface area (Å²) in [6.45, 7) is 0. The van der Waals surface area contributed by atoms with Gasteiger partial charge in [-0.05, 0) is 0 Å². The van der Waals surface area contributed by atoms with Crippen LogP contribution in [0.2, 0.25) is 0 Å². The first kappa shape index (κ1) is 15.5. The SMILES string of the molecule is COc1cc(OC)c([C@H](N)C(=O)O)c([N+](=O)[O-])c1OC. The van der Waals surface area contributed by atoms with Crippen molar-refractivity contribution in [2.24, 2.45) is 5.73 Å². The van der Waals surface area contributed by atoms with E-state index in [1.807, 2.05) is 0 Å². The molecule has 1 aromatic carbocycles. The molecule has 0 fully saturated rings. The van der Waals surface area contributed by atoms with Gasteiger partial charge in [0.1, 0.15) is 17.4 Å². The van der Waals surface area contributed by atoms with Gasteiger partial charge in [-0.2, -0.15) is 0 Å². The van der Waals surface area contributed by atoms with Crippen molar-refractivity contribution in [2.75, 3.05) is 21.3 Å². The number of carboxylic acid groups (broad SMARTS) is 1. The number of carboxylic acids is 1. The normalized spacial score (nSPS) is 11.6. The summed E-state index contributed by atoms with van der Waals surface area (Å²) in [5, 5.41) is 20.2. The van der Waals surface area contributed by atoms with Gasteiger partial charge in [-0.25, -0.2) is 0 Å². The number of rotatable bonds is 6. The number of ether oxygens (including phenoxy) is 3. The fourth-order valence-corrected chi connectivity index (χ4v) is 1.74. The van der Waals surface area contributed by atoms with E-state index in [0.717, 1.165) is 0 Å². The Morgan fingerprint density at radius 2 is 1.85 bits per heavy atom. The molecule has 1 rings (SSSR count). The predicted octanol–water partition coefficient (Wildman–Crippen LogP) is 0.705. The summed E-state index contributed by atoms with van der Waals surface area (Å²) in [4.78, 5) is 21.5. The maximum absolute atomic E-state index is 11.2. The van der Waals surface area contributed by atoms with Crippen molar-refractivity contribution in [1.29, 1.82) is 0 Å². The molecule has 0 radical (unpaired) electrons. The molecular formula is C11H14N2O7. The number of benzene rings is 1. The number of aliphatic carboxylic acids is 1. The molecule has 0 spiro atoms. The van der Waals surface area contributed by atoms with Gasteiger partial charge in [0.15, 0.2) is 5.75 Å². The number of hydrogen-bond donors (Lipinski definition) is 2. The lowest BCUT2D eigenvalue weighted by atomic mass is 10.0. The molecule has 0 heterocycles. The monoisotopic (exact) mass is 286 g/mol. The van der Waals surface area contributed by atoms with Crippen molar-refractivity contribution in [3.8, 4) is 17.2 Å². The molecule has 9 nitrogen and oxygen atoms in total. The smallest absolute Gasteiger partial charge is 0.325 e. The van der Waals surface area contributed by atoms with Gasteiger partial charge in [0.25, 0.3) is 0 Å². The number of hydrogen-bond acceptors (Lipinski definition) is 7. The number of carbonyl (C=O) groups is 1. The highest BCUT2D eigenvalue weighted by Crippen LogP contribution is 2.46. The van der Waals surface area contributed by atoms with Crippen molar-refractivity contribution < 1.29 is 29.0 Å². The topological polar surface area (TPSA) is 134 Å². The molecule has 0 unspecified atom stereocenters. The minimum Gasteiger partial charge on any atom is -0.496 e. The van der Waals surface area contributed by atoms with Crippen molar-refractivity contribution >= 4 is 11.7 Å². The van der Waals surface area contributed by atoms with Crippen LogP contribution in [0.3, 0.4) is 0 Å². The van der Waals surface area contributed by atoms with E-state index in [0.29, 0.717) is 0 Å². The number of nitro groups is 1. The molecular weight excluding hydrogens is 272 g/mol. The minimum absolute atomic E-state index is 0.0392. The molecule has 0 amide bonds. The maximum Gasteiger partial charge on any atom is 0.325 e. The van der Waals surface area contributed by atoms with Crippen molar-refractivity contribution in [3.05, 3.63) is 21.7 Å². The summed E-state index contributed by atoms with van der Waals surface area (Å²) in [6, 6.07) is -0.352. The first-order chi connectivity index (χ1) is 9.38. The predicted molar refractivity (Wildman–Crippen MR) is 67.3 cm³/mol. The lowest BCUT2D eigenvalue weighted by Crippen LogP contribution is -2.23. The van der Waals surface area contributed by atoms with Gasteiger partial charge in [0.05, 0.1) is 26.3 Å². The first-order valence-corrected chi connectivity index (χ1v) is 5.34. The zero-order valence-corrected chi connectivity index (χ0v) is 11.1. The van der Waals surface area contributed by atoms with Crippen molar-refractivity contribution in [1.82, 2.24) is 0 Å². The van der Waals surface area contributed by atoms with Crippen LogP contribution in [0.1, 0.15) is 11.6 Å². The molecule has 0 saturated heterocycles. The summed E-state index contributed by atoms with van der Waals surface area (Å²) < 4.78 is 14.9. The number of nitrogens with two attached hydrogens (primary N) is 1. The minimum atomic E-state index is -1.63. The Labute approximate surface area is 114 Å². The zero-order chi connectivity index (χ0) is 15.4. The van der Waals surface area contributed by atoms with Crippen LogP contribution < -0.4 is 19.9 Å². The second kappa shape index (κ2) is 6.06. The van der Waals surface area contributed by atoms with Gasteiger partial charge >= 0.3 is 11.7 Å². The molecule has 0 saturated carbocycles. The molecule has 110 valence electrons. The molecule has 1 aromatic rings. The molecule has 0 aromatic heterocycles. The van der Waals surface area contributed by atoms with E-state index < -0.39 is 22.6 Å². The van der Waals surface area contributed by atoms with E-state index in [9.17, 15) is 14.9 Å². The first-order valence-electron chi connectivity index (χ1n) is 5.34. The third-order valence-corrected chi connectivity index (χ3v) is 2.63. The lowest BCUT2D eigenvalue weighted by Gasteiger charge is -2.16. The van der Waals surface area contributed by atoms with Gasteiger partial charge < -0.3 is 25.1 Å². The van der Waals surface area contributed by atoms with Crippen LogP contribution in [0.15, 0.2) is 6.07 Å². The van der Waals surface area contributed by atoms with Crippen LogP contribution in [0.25, 0.3) is 0 Å². The highest BCUT2D eigenvalue weighted by atomic mass is 16.6. The van der Waals surface area contributed by atoms with Crippen LogP contribution in [-0.2, 0) is 4.79 Å². The van der Waals surface area contributed by atoms with E-state index in [2.05, 4.69) is 0 Å². The Kier molecular flexibility index (Phi) is 4.70. The third-order valence-electron chi connectivity index (χ3n) is 2.63. The van der Waals surface area contributed by atoms with Crippen molar-refractivity contribution in [3.63, 3.8) is 0 Å². The van der Waals surface area contributed by atoms with Crippen LogP contribution >= 0.6 is 0 Å². The number of nitro benzene ring substituents is 1. The second-order valence-corrected chi connectivity index (χ2v) is 3.65. The molecule has 0 aliphatic rings. The fourth-order valence-electron chi connectivity index (χ4n) is 1.74. The lowest BCUT2D eigenvalue weighted by molar-refractivity contribution is -0.386. The Morgan fingerprint density at radius 3 is 2.20 bits per heavy atom. The van der Waals surface area contributed by atoms with Gasteiger partial charge in [-0.15, -0.1) is 0 Å². The third kappa shape index (κ3) is 2.57. The van der Waals surface area contributed by atoms with E-state index in [-0.39, 0.29) is 22.8 Å². The molecule has 0 aliphatic heterocycles. The Balaban J connectivity index is 3.77. The average molecular weight is 286 g/mol. The van der Waals surface area contributed by atoms with Crippen LogP contribution in [0.4, 0.5) is 5.69 Å². The number of methoxy groups -OCH3 is 3. The van der Waals surface area contributed by atoms with Gasteiger partial charge in [-0.1, -0.05) is 0 Å². The Morgan fingerprint density at radius 1 is 1.30 bits per heavy atom. The van der Waals surface area contributed by atoms with E-state index in [4.69, 9.17) is 25.1 Å². The summed E-state index contributed by atoms with van der Waals surface area (Å²) in [6.07, 6.45) is 0. The van der Waals surface area contributed by atoms with E-state index in [1.165, 1.54) is 27.4 Å². The van der Waals surface area contributed by atoms with E-state index in [1.54, 1.807) is 0 Å². The number of nitrogens with zero attached hydrogens (tertiary/aromatic N) is 1. The summed E-state index contributed by atoms with van der Waals surface area (Å²) in [5.74, 6) is -1.68. The van der Waals surface area contributed by atoms with Gasteiger partial charge in [0.2, 0.25) is 5.75 Å². The largest absolute Gasteiger partial charge is 0.496 e. The van der Waals surface area contributed by atoms with Crippen LogP contribution in [0.5, 0.6) is 17.2 Å². The molecule has 1 atom stereocenters. The van der Waals surface area contributed by atoms with Gasteiger partial charge in [-0.3, -0.25) is 14.9 Å². The summed E-state index contributed by atoms with van der Waals surface area (Å²) in [5.41, 5.74) is 4.60. The molecule has 20 heavy (non-hydrogen) atoms. The highest BCUT2D eigenvalue weighted by molar-refractivity contribution is 5.81. The summed E-state index contributed by atoms with van der Waals surface area (Å²) in [7, 11) is 3.73. The molecule has 0 bridgehead atoms. The maximum atomic E-state index is 11.2. The standard InChI is InChI=1S/C11H14N2O7/c1-18-5-4-6(19-2)10(20-3)9(13(16)17)7(5)8(12)11(14)15/h4,8H,12H2,1-3H3,(H,14,15)/t8-/m0/s1. The molecule has 0 aliphatic carbocycles. The second-order valence-electron chi connectivity index (χ2n) is 3.65. The Hall–Kier alpha value is -2.55. The van der Waals surface area contributed by atoms with Crippen molar-refractivity contribution in [2.45, 2.75) is 6.04 Å². The quantitative estimate of drug-likeness (QED) is 0.576. The van der Waals surface area contributed by atoms with E-state index >= 15 is 0 Å². The summed E-state index contributed by atoms with van der Waals surface area (Å²) >= 11 is 0. The fraction of sp³-hybridized carbons (Fsp3) is 0.364. The van der Waals surface area contributed by atoms with Crippen LogP contribution in [-0.4, -0.2) is 37.3 Å². The van der Waals surface area contributed by atoms with Gasteiger partial charge in [0, 0.05) is 6.07 Å². The average Bonchev–Trinajstić information content (AvgIpc) is 2.43. The zero-order valence-electron chi connectivity index (χ0n) is 11.1.